The molecular formula is C8H11N3O3S. The molecule has 6 nitrogen and oxygen atoms in total. The van der Waals surface area contributed by atoms with Gasteiger partial charge in [-0.25, -0.2) is 0 Å². The number of hydrogen-bond acceptors (Lipinski definition) is 4. The Labute approximate surface area is 88.2 Å². The van der Waals surface area contributed by atoms with Gasteiger partial charge in [0.1, 0.15) is 5.75 Å². The molecule has 0 fully saturated rings. The van der Waals surface area contributed by atoms with Crippen LogP contribution >= 0.6 is 0 Å². The van der Waals surface area contributed by atoms with Gasteiger partial charge in [-0.1, -0.05) is 0 Å². The molecule has 82 valence electrons. The van der Waals surface area contributed by atoms with E-state index in [0.717, 1.165) is 10.2 Å². The molecule has 0 radical (unpaired) electrons. The lowest BCUT2D eigenvalue weighted by Gasteiger charge is -2.11. The minimum atomic E-state index is -4.11. The minimum absolute atomic E-state index is 0.127. The van der Waals surface area contributed by atoms with E-state index in [1.165, 1.54) is 12.1 Å². The molecule has 0 saturated carbocycles. The van der Waals surface area contributed by atoms with Crippen molar-refractivity contribution in [1.29, 1.82) is 0 Å². The smallest absolute Gasteiger partial charge is 0.486 e. The lowest BCUT2D eigenvalue weighted by molar-refractivity contribution is -0.305. The zero-order valence-electron chi connectivity index (χ0n) is 8.34. The molecule has 0 bridgehead atoms. The van der Waals surface area contributed by atoms with Crippen molar-refractivity contribution in [3.63, 3.8) is 0 Å². The van der Waals surface area contributed by atoms with Crippen LogP contribution in [-0.4, -0.2) is 22.5 Å². The lowest BCUT2D eigenvalue weighted by atomic mass is 10.3. The summed E-state index contributed by atoms with van der Waals surface area (Å²) in [5.41, 5.74) is 9.14. The Bertz CT molecular complexity index is 439. The summed E-state index contributed by atoms with van der Waals surface area (Å²) >= 11 is 0. The highest BCUT2D eigenvalue weighted by Gasteiger charge is 2.12. The highest BCUT2D eigenvalue weighted by atomic mass is 32.2. The Morgan fingerprint density at radius 1 is 1.27 bits per heavy atom. The molecule has 1 aromatic carbocycles. The fraction of sp³-hybridized carbons (Fsp3) is 0.250. The first-order chi connectivity index (χ1) is 6.94. The monoisotopic (exact) mass is 229 g/mol. The van der Waals surface area contributed by atoms with Crippen LogP contribution in [0.25, 0.3) is 5.53 Å². The van der Waals surface area contributed by atoms with Crippen molar-refractivity contribution >= 4 is 16.0 Å². The van der Waals surface area contributed by atoms with Gasteiger partial charge in [0.05, 0.1) is 0 Å². The van der Waals surface area contributed by atoms with E-state index in [2.05, 4.69) is 4.18 Å². The van der Waals surface area contributed by atoms with Gasteiger partial charge in [-0.2, -0.15) is 4.52 Å². The molecule has 1 rings (SSSR count). The largest absolute Gasteiger partial charge is 0.547 e. The van der Waals surface area contributed by atoms with Crippen molar-refractivity contribution in [2.75, 3.05) is 19.0 Å². The fourth-order valence-corrected chi connectivity index (χ4v) is 1.35. The van der Waals surface area contributed by atoms with Gasteiger partial charge in [0, 0.05) is 19.8 Å². The van der Waals surface area contributed by atoms with Crippen LogP contribution in [0, 0.1) is 0 Å². The number of benzene rings is 1. The lowest BCUT2D eigenvalue weighted by Crippen LogP contribution is -2.69. The number of nitrogens with zero attached hydrogens (tertiary/aromatic N) is 2. The molecule has 0 atom stereocenters. The Morgan fingerprint density at radius 2 is 1.80 bits per heavy atom. The van der Waals surface area contributed by atoms with Crippen LogP contribution in [0.1, 0.15) is 0 Å². The summed E-state index contributed by atoms with van der Waals surface area (Å²) in [6.07, 6.45) is 0. The summed E-state index contributed by atoms with van der Waals surface area (Å²) in [4.78, 5) is 1.86. The molecule has 0 spiro atoms. The molecular weight excluding hydrogens is 218 g/mol. The molecule has 0 aromatic heterocycles. The Balaban J connectivity index is 2.86. The summed E-state index contributed by atoms with van der Waals surface area (Å²) in [5.74, 6) is 0.127. The Hall–Kier alpha value is -1.63. The first-order valence-corrected chi connectivity index (χ1v) is 5.48. The van der Waals surface area contributed by atoms with Crippen molar-refractivity contribution in [3.05, 3.63) is 29.8 Å². The van der Waals surface area contributed by atoms with E-state index in [0.29, 0.717) is 0 Å². The molecule has 15 heavy (non-hydrogen) atoms. The molecule has 0 saturated heterocycles. The van der Waals surface area contributed by atoms with Crippen LogP contribution in [0.5, 0.6) is 5.75 Å². The van der Waals surface area contributed by atoms with Gasteiger partial charge < -0.3 is 14.6 Å². The van der Waals surface area contributed by atoms with Crippen molar-refractivity contribution in [3.8, 4) is 5.75 Å². The van der Waals surface area contributed by atoms with E-state index < -0.39 is 10.3 Å². The second-order valence-electron chi connectivity index (χ2n) is 3.02. The highest BCUT2D eigenvalue weighted by Crippen LogP contribution is 2.17. The van der Waals surface area contributed by atoms with E-state index in [1.807, 2.05) is 19.0 Å². The third-order valence-corrected chi connectivity index (χ3v) is 2.31. The van der Waals surface area contributed by atoms with Gasteiger partial charge >= 0.3 is 10.3 Å². The van der Waals surface area contributed by atoms with E-state index in [4.69, 9.17) is 5.53 Å². The fourth-order valence-electron chi connectivity index (χ4n) is 0.945. The average Bonchev–Trinajstić information content (AvgIpc) is 2.18. The van der Waals surface area contributed by atoms with Crippen LogP contribution in [0.4, 0.5) is 5.69 Å². The second kappa shape index (κ2) is 4.26. The van der Waals surface area contributed by atoms with E-state index in [9.17, 15) is 8.42 Å². The van der Waals surface area contributed by atoms with Crippen LogP contribution in [0.15, 0.2) is 24.3 Å². The van der Waals surface area contributed by atoms with Gasteiger partial charge in [0.25, 0.3) is 0 Å². The van der Waals surface area contributed by atoms with Gasteiger partial charge in [-0.3, -0.25) is 0 Å². The van der Waals surface area contributed by atoms with Crippen LogP contribution < -0.4 is 13.6 Å². The average molecular weight is 229 g/mol. The molecule has 1 aromatic rings. The van der Waals surface area contributed by atoms with Gasteiger partial charge in [-0.05, 0) is 24.3 Å². The van der Waals surface area contributed by atoms with E-state index in [-0.39, 0.29) is 5.75 Å². The summed E-state index contributed by atoms with van der Waals surface area (Å²) in [6.45, 7) is 0. The molecule has 0 aliphatic heterocycles. The van der Waals surface area contributed by atoms with E-state index >= 15 is 0 Å². The van der Waals surface area contributed by atoms with Crippen LogP contribution in [0.2, 0.25) is 0 Å². The van der Waals surface area contributed by atoms with Crippen molar-refractivity contribution < 1.29 is 17.1 Å². The number of anilines is 1. The molecule has 0 unspecified atom stereocenters. The topological polar surface area (TPSA) is 82.9 Å². The SMILES string of the molecule is CN(C)c1ccc(OS(=O)(=O)[NH+]=[N-])cc1. The van der Waals surface area contributed by atoms with Crippen LogP contribution in [-0.2, 0) is 10.3 Å². The molecule has 0 amide bonds. The second-order valence-corrected chi connectivity index (χ2v) is 4.27. The molecule has 0 aliphatic rings. The number of rotatable bonds is 4. The molecule has 0 aliphatic carbocycles. The standard InChI is InChI=1S/C8H11N3O3S/c1-11(2)7-3-5-8(6-4-7)14-15(12,13)10-9/h3-6,10H,1-2H3. The Morgan fingerprint density at radius 3 is 2.20 bits per heavy atom. The van der Waals surface area contributed by atoms with Gasteiger partial charge in [0.2, 0.25) is 0 Å². The minimum Gasteiger partial charge on any atom is -0.486 e. The van der Waals surface area contributed by atoms with Crippen LogP contribution in [0.3, 0.4) is 0 Å². The summed E-state index contributed by atoms with van der Waals surface area (Å²) in [5, 5.41) is 0. The zero-order valence-corrected chi connectivity index (χ0v) is 9.15. The van der Waals surface area contributed by atoms with Crippen molar-refractivity contribution in [1.82, 2.24) is 0 Å². The predicted octanol–water partition coefficient (Wildman–Crippen LogP) is -0.522. The number of hydrogen-bond donors (Lipinski definition) is 1. The maximum Gasteiger partial charge on any atom is 0.547 e. The molecule has 0 heterocycles. The predicted molar refractivity (Wildman–Crippen MR) is 54.6 cm³/mol. The van der Waals surface area contributed by atoms with Crippen molar-refractivity contribution in [2.24, 2.45) is 0 Å². The number of nitrogens with one attached hydrogen (secondary N) is 1. The third kappa shape index (κ3) is 3.21. The van der Waals surface area contributed by atoms with E-state index in [1.54, 1.807) is 12.1 Å². The summed E-state index contributed by atoms with van der Waals surface area (Å²) in [7, 11) is -0.388. The first kappa shape index (κ1) is 11.4. The maximum absolute atomic E-state index is 10.8. The maximum atomic E-state index is 10.8. The zero-order chi connectivity index (χ0) is 11.5. The van der Waals surface area contributed by atoms with Gasteiger partial charge in [0.15, 0.2) is 0 Å². The highest BCUT2D eigenvalue weighted by molar-refractivity contribution is 7.80. The first-order valence-electron chi connectivity index (χ1n) is 4.07. The normalized spacial score (nSPS) is 10.8. The quantitative estimate of drug-likeness (QED) is 0.704. The van der Waals surface area contributed by atoms with Crippen molar-refractivity contribution in [2.45, 2.75) is 0 Å². The molecule has 1 N–H and O–H groups in total. The third-order valence-electron chi connectivity index (χ3n) is 1.67. The Kier molecular flexibility index (Phi) is 3.25. The summed E-state index contributed by atoms with van der Waals surface area (Å²) < 4.78 is 27.1. The molecule has 7 heteroatoms. The van der Waals surface area contributed by atoms with Gasteiger partial charge in [-0.15, -0.1) is 8.42 Å². The summed E-state index contributed by atoms with van der Waals surface area (Å²) in [6, 6.07) is 6.37.